The maximum absolute atomic E-state index is 13.5. The molecule has 1 atom stereocenters. The van der Waals surface area contributed by atoms with E-state index in [2.05, 4.69) is 20.8 Å². The maximum Gasteiger partial charge on any atom is 0.300 e. The first kappa shape index (κ1) is 26.4. The number of ether oxygens (including phenoxy) is 3. The van der Waals surface area contributed by atoms with Gasteiger partial charge in [0.25, 0.3) is 11.7 Å². The van der Waals surface area contributed by atoms with E-state index >= 15 is 0 Å². The molecule has 0 saturated carbocycles. The van der Waals surface area contributed by atoms with Gasteiger partial charge in [0, 0.05) is 17.3 Å². The van der Waals surface area contributed by atoms with Crippen molar-refractivity contribution in [1.82, 2.24) is 0 Å². The Balaban J connectivity index is 1.63. The minimum Gasteiger partial charge on any atom is -0.507 e. The number of anilines is 1. The van der Waals surface area contributed by atoms with Gasteiger partial charge in [0.1, 0.15) is 24.7 Å². The highest BCUT2D eigenvalue weighted by Crippen LogP contribution is 2.45. The van der Waals surface area contributed by atoms with Crippen LogP contribution in [0.1, 0.15) is 56.8 Å². The third kappa shape index (κ3) is 5.09. The Hall–Kier alpha value is -4.26. The molecular formula is C32H33NO6. The Bertz CT molecular complexity index is 1420. The Labute approximate surface area is 228 Å². The number of hydrogen-bond acceptors (Lipinski definition) is 6. The fourth-order valence-electron chi connectivity index (χ4n) is 4.85. The summed E-state index contributed by atoms with van der Waals surface area (Å²) < 4.78 is 17.0. The number of benzene rings is 3. The molecule has 0 bridgehead atoms. The Morgan fingerprint density at radius 1 is 0.949 bits per heavy atom. The van der Waals surface area contributed by atoms with E-state index in [0.29, 0.717) is 53.9 Å². The Morgan fingerprint density at radius 2 is 1.62 bits per heavy atom. The molecule has 3 aromatic rings. The molecule has 3 aromatic carbocycles. The monoisotopic (exact) mass is 527 g/mol. The van der Waals surface area contributed by atoms with E-state index in [1.165, 1.54) is 4.90 Å². The molecule has 202 valence electrons. The predicted octanol–water partition coefficient (Wildman–Crippen LogP) is 6.17. The van der Waals surface area contributed by atoms with Crippen LogP contribution in [0, 0.1) is 0 Å². The molecule has 7 heteroatoms. The summed E-state index contributed by atoms with van der Waals surface area (Å²) in [6.07, 6.45) is 0.874. The predicted molar refractivity (Wildman–Crippen MR) is 150 cm³/mol. The molecule has 1 saturated heterocycles. The maximum atomic E-state index is 13.5. The minimum absolute atomic E-state index is 0.0284. The van der Waals surface area contributed by atoms with Gasteiger partial charge in [0.2, 0.25) is 0 Å². The van der Waals surface area contributed by atoms with Gasteiger partial charge in [-0.2, -0.15) is 0 Å². The fraction of sp³-hybridized carbons (Fsp3) is 0.312. The van der Waals surface area contributed by atoms with Gasteiger partial charge in [0.05, 0.1) is 18.2 Å². The van der Waals surface area contributed by atoms with E-state index in [9.17, 15) is 14.7 Å². The van der Waals surface area contributed by atoms with Gasteiger partial charge >= 0.3 is 0 Å². The number of ketones is 1. The first-order valence-corrected chi connectivity index (χ1v) is 13.2. The van der Waals surface area contributed by atoms with Crippen LogP contribution in [-0.4, -0.2) is 36.6 Å². The second-order valence-corrected chi connectivity index (χ2v) is 10.7. The Kier molecular flexibility index (Phi) is 7.08. The fourth-order valence-corrected chi connectivity index (χ4v) is 4.85. The summed E-state index contributed by atoms with van der Waals surface area (Å²) in [5.74, 6) is 0.0441. The van der Waals surface area contributed by atoms with Crippen LogP contribution in [0.25, 0.3) is 5.76 Å². The number of carbonyl (C=O) groups is 2. The first-order chi connectivity index (χ1) is 18.7. The van der Waals surface area contributed by atoms with Gasteiger partial charge in [-0.25, -0.2) is 0 Å². The number of rotatable bonds is 6. The topological polar surface area (TPSA) is 85.3 Å². The normalized spacial score (nSPS) is 18.4. The van der Waals surface area contributed by atoms with Crippen LogP contribution in [0.4, 0.5) is 5.69 Å². The molecule has 0 aromatic heterocycles. The number of aliphatic hydroxyl groups excluding tert-OH is 1. The summed E-state index contributed by atoms with van der Waals surface area (Å²) in [7, 11) is 0. The van der Waals surface area contributed by atoms with Crippen LogP contribution in [0.3, 0.4) is 0 Å². The van der Waals surface area contributed by atoms with Crippen molar-refractivity contribution in [3.63, 3.8) is 0 Å². The summed E-state index contributed by atoms with van der Waals surface area (Å²) in [4.78, 5) is 28.5. The van der Waals surface area contributed by atoms with Crippen molar-refractivity contribution in [2.45, 2.75) is 45.6 Å². The standard InChI is InChI=1S/C32H33NO6/c1-5-16-37-24-13-8-21(9-14-24)29(34)27-28(20-6-10-22(11-7-20)32(2,3)4)33(31(36)30(27)35)23-12-15-25-26(19-23)39-18-17-38-25/h6-15,19,28,34H,5,16-18H2,1-4H3/b29-27+. The number of aliphatic hydroxyl groups is 1. The summed E-state index contributed by atoms with van der Waals surface area (Å²) in [5, 5.41) is 11.4. The number of hydrogen-bond donors (Lipinski definition) is 1. The second-order valence-electron chi connectivity index (χ2n) is 10.7. The molecule has 5 rings (SSSR count). The van der Waals surface area contributed by atoms with Crippen molar-refractivity contribution in [2.24, 2.45) is 0 Å². The lowest BCUT2D eigenvalue weighted by atomic mass is 9.85. The molecule has 1 amide bonds. The van der Waals surface area contributed by atoms with Crippen LogP contribution in [0.5, 0.6) is 17.2 Å². The van der Waals surface area contributed by atoms with Crippen LogP contribution in [0.15, 0.2) is 72.3 Å². The molecule has 7 nitrogen and oxygen atoms in total. The number of amides is 1. The van der Waals surface area contributed by atoms with Crippen LogP contribution < -0.4 is 19.1 Å². The van der Waals surface area contributed by atoms with Crippen molar-refractivity contribution in [3.8, 4) is 17.2 Å². The average molecular weight is 528 g/mol. The van der Waals surface area contributed by atoms with Crippen LogP contribution in [-0.2, 0) is 15.0 Å². The van der Waals surface area contributed by atoms with Gasteiger partial charge in [0.15, 0.2) is 11.5 Å². The van der Waals surface area contributed by atoms with E-state index in [1.807, 2.05) is 31.2 Å². The van der Waals surface area contributed by atoms with Crippen molar-refractivity contribution < 1.29 is 28.9 Å². The molecule has 1 fully saturated rings. The van der Waals surface area contributed by atoms with Crippen molar-refractivity contribution in [1.29, 1.82) is 0 Å². The zero-order chi connectivity index (χ0) is 27.7. The number of fused-ring (bicyclic) bond motifs is 1. The van der Waals surface area contributed by atoms with E-state index < -0.39 is 17.7 Å². The highest BCUT2D eigenvalue weighted by atomic mass is 16.6. The quantitative estimate of drug-likeness (QED) is 0.234. The van der Waals surface area contributed by atoms with Gasteiger partial charge in [-0.15, -0.1) is 0 Å². The molecule has 2 aliphatic heterocycles. The highest BCUT2D eigenvalue weighted by Gasteiger charge is 2.47. The van der Waals surface area contributed by atoms with Crippen LogP contribution >= 0.6 is 0 Å². The zero-order valence-corrected chi connectivity index (χ0v) is 22.7. The molecule has 2 heterocycles. The zero-order valence-electron chi connectivity index (χ0n) is 22.7. The summed E-state index contributed by atoms with van der Waals surface area (Å²) in [6, 6.07) is 19.0. The van der Waals surface area contributed by atoms with Crippen molar-refractivity contribution >= 4 is 23.1 Å². The molecule has 0 radical (unpaired) electrons. The molecule has 2 aliphatic rings. The summed E-state index contributed by atoms with van der Waals surface area (Å²) in [5.41, 5.74) is 2.69. The van der Waals surface area contributed by atoms with Crippen molar-refractivity contribution in [3.05, 3.63) is 89.0 Å². The number of carbonyl (C=O) groups excluding carboxylic acids is 2. The lowest BCUT2D eigenvalue weighted by Crippen LogP contribution is -2.29. The average Bonchev–Trinajstić information content (AvgIpc) is 3.21. The number of Topliss-reactive ketones (excluding diaryl/α,β-unsaturated/α-hetero) is 1. The lowest BCUT2D eigenvalue weighted by Gasteiger charge is -2.28. The van der Waals surface area contributed by atoms with E-state index in [0.717, 1.165) is 12.0 Å². The third-order valence-corrected chi connectivity index (χ3v) is 6.94. The van der Waals surface area contributed by atoms with E-state index in [4.69, 9.17) is 14.2 Å². The largest absolute Gasteiger partial charge is 0.507 e. The van der Waals surface area contributed by atoms with E-state index in [1.54, 1.807) is 42.5 Å². The van der Waals surface area contributed by atoms with Gasteiger partial charge in [-0.1, -0.05) is 52.0 Å². The van der Waals surface area contributed by atoms with E-state index in [-0.39, 0.29) is 16.7 Å². The smallest absolute Gasteiger partial charge is 0.300 e. The number of nitrogens with zero attached hydrogens (tertiary/aromatic N) is 1. The molecule has 0 spiro atoms. The molecule has 39 heavy (non-hydrogen) atoms. The minimum atomic E-state index is -0.836. The van der Waals surface area contributed by atoms with Crippen molar-refractivity contribution in [2.75, 3.05) is 24.7 Å². The first-order valence-electron chi connectivity index (χ1n) is 13.2. The van der Waals surface area contributed by atoms with Gasteiger partial charge in [-0.3, -0.25) is 14.5 Å². The van der Waals surface area contributed by atoms with Crippen LogP contribution in [0.2, 0.25) is 0 Å². The Morgan fingerprint density at radius 3 is 2.26 bits per heavy atom. The lowest BCUT2D eigenvalue weighted by molar-refractivity contribution is -0.132. The van der Waals surface area contributed by atoms with Gasteiger partial charge in [-0.05, 0) is 59.4 Å². The third-order valence-electron chi connectivity index (χ3n) is 6.94. The summed E-state index contributed by atoms with van der Waals surface area (Å²) in [6.45, 7) is 9.81. The second kappa shape index (κ2) is 10.5. The summed E-state index contributed by atoms with van der Waals surface area (Å²) >= 11 is 0. The molecular weight excluding hydrogens is 494 g/mol. The van der Waals surface area contributed by atoms with Gasteiger partial charge < -0.3 is 19.3 Å². The highest BCUT2D eigenvalue weighted by molar-refractivity contribution is 6.51. The molecule has 0 aliphatic carbocycles. The SMILES string of the molecule is CCCOc1ccc(/C(O)=C2\C(=O)C(=O)N(c3ccc4c(c3)OCCO4)C2c2ccc(C(C)(C)C)cc2)cc1. The molecule has 1 unspecified atom stereocenters. The molecule has 1 N–H and O–H groups in total.